The molecular weight excluding hydrogens is 483 g/mol. The van der Waals surface area contributed by atoms with Crippen LogP contribution in [0.15, 0.2) is 42.5 Å². The summed E-state index contributed by atoms with van der Waals surface area (Å²) in [4.78, 5) is 27.0. The molecule has 208 valence electrons. The van der Waals surface area contributed by atoms with Crippen molar-refractivity contribution >= 4 is 11.9 Å². The van der Waals surface area contributed by atoms with Gasteiger partial charge in [-0.1, -0.05) is 38.1 Å². The van der Waals surface area contributed by atoms with E-state index >= 15 is 0 Å². The van der Waals surface area contributed by atoms with Crippen LogP contribution in [0.2, 0.25) is 0 Å². The van der Waals surface area contributed by atoms with Gasteiger partial charge in [0.25, 0.3) is 0 Å². The number of benzene rings is 2. The van der Waals surface area contributed by atoms with Gasteiger partial charge in [-0.15, -0.1) is 0 Å². The second-order valence-corrected chi connectivity index (χ2v) is 11.7. The molecule has 2 aromatic carbocycles. The minimum atomic E-state index is -0.924. The van der Waals surface area contributed by atoms with Crippen molar-refractivity contribution in [2.45, 2.75) is 90.3 Å². The quantitative estimate of drug-likeness (QED) is 0.376. The van der Waals surface area contributed by atoms with Crippen molar-refractivity contribution < 1.29 is 23.8 Å². The average molecular weight is 527 g/mol. The third-order valence-electron chi connectivity index (χ3n) is 8.11. The highest BCUT2D eigenvalue weighted by Gasteiger charge is 2.40. The highest BCUT2D eigenvalue weighted by atomic mass is 19.1. The van der Waals surface area contributed by atoms with Crippen LogP contribution < -0.4 is 10.1 Å². The van der Waals surface area contributed by atoms with Crippen molar-refractivity contribution in [2.75, 3.05) is 14.1 Å². The van der Waals surface area contributed by atoms with E-state index in [-0.39, 0.29) is 29.7 Å². The van der Waals surface area contributed by atoms with E-state index in [2.05, 4.69) is 10.2 Å². The first kappa shape index (κ1) is 29.6. The molecule has 6 nitrogen and oxygen atoms in total. The van der Waals surface area contributed by atoms with Crippen LogP contribution >= 0.6 is 0 Å². The lowest BCUT2D eigenvalue weighted by Crippen LogP contribution is -2.50. The van der Waals surface area contributed by atoms with Crippen LogP contribution in [-0.2, 0) is 15.1 Å². The Kier molecular flexibility index (Phi) is 9.58. The summed E-state index contributed by atoms with van der Waals surface area (Å²) < 4.78 is 20.1. The van der Waals surface area contributed by atoms with E-state index in [0.29, 0.717) is 18.6 Å². The summed E-state index contributed by atoms with van der Waals surface area (Å²) in [5.41, 5.74) is 2.03. The van der Waals surface area contributed by atoms with E-state index in [1.807, 2.05) is 66.1 Å². The third kappa shape index (κ3) is 7.34. The van der Waals surface area contributed by atoms with E-state index in [9.17, 15) is 19.1 Å². The number of carbonyl (C=O) groups excluding carboxylic acids is 1. The zero-order chi connectivity index (χ0) is 28.1. The fraction of sp³-hybridized carbons (Fsp3) is 0.548. The number of hydrogen-bond acceptors (Lipinski definition) is 4. The van der Waals surface area contributed by atoms with E-state index in [1.54, 1.807) is 12.1 Å². The van der Waals surface area contributed by atoms with Gasteiger partial charge in [0.1, 0.15) is 17.7 Å². The van der Waals surface area contributed by atoms with Crippen LogP contribution in [0.5, 0.6) is 5.75 Å². The first-order valence-electron chi connectivity index (χ1n) is 13.5. The van der Waals surface area contributed by atoms with E-state index in [1.165, 1.54) is 6.07 Å². The van der Waals surface area contributed by atoms with Gasteiger partial charge in [-0.25, -0.2) is 4.39 Å². The summed E-state index contributed by atoms with van der Waals surface area (Å²) in [6, 6.07) is 12.8. The molecule has 1 saturated carbocycles. The fourth-order valence-electron chi connectivity index (χ4n) is 5.44. The summed E-state index contributed by atoms with van der Waals surface area (Å²) in [5, 5.41) is 12.7. The number of amides is 1. The molecule has 1 amide bonds. The summed E-state index contributed by atoms with van der Waals surface area (Å²) in [7, 11) is 4.06. The molecular formula is C31H43FN2O4. The summed E-state index contributed by atoms with van der Waals surface area (Å²) in [6.45, 7) is 7.71. The lowest BCUT2D eigenvalue weighted by molar-refractivity contribution is -0.139. The molecule has 0 aromatic heterocycles. The third-order valence-corrected chi connectivity index (χ3v) is 8.11. The maximum Gasteiger partial charge on any atom is 0.307 e. The molecule has 1 unspecified atom stereocenters. The Hall–Kier alpha value is -2.93. The van der Waals surface area contributed by atoms with Gasteiger partial charge < -0.3 is 15.2 Å². The number of carboxylic acid groups (broad SMARTS) is 1. The number of hydrogen-bond donors (Lipinski definition) is 2. The van der Waals surface area contributed by atoms with Crippen molar-refractivity contribution in [2.24, 2.45) is 5.41 Å². The first-order chi connectivity index (χ1) is 17.8. The maximum absolute atomic E-state index is 14.0. The van der Waals surface area contributed by atoms with Crippen LogP contribution in [0.4, 0.5) is 4.39 Å². The van der Waals surface area contributed by atoms with Crippen LogP contribution in [-0.4, -0.2) is 48.1 Å². The number of aryl methyl sites for hydroxylation is 2. The van der Waals surface area contributed by atoms with E-state index in [4.69, 9.17) is 4.74 Å². The number of ether oxygens (including phenoxy) is 1. The van der Waals surface area contributed by atoms with Crippen molar-refractivity contribution in [3.05, 3.63) is 65.0 Å². The predicted molar refractivity (Wildman–Crippen MR) is 148 cm³/mol. The van der Waals surface area contributed by atoms with E-state index < -0.39 is 17.5 Å². The smallest absolute Gasteiger partial charge is 0.307 e. The molecule has 1 aliphatic rings. The Morgan fingerprint density at radius 1 is 1.16 bits per heavy atom. The van der Waals surface area contributed by atoms with Crippen molar-refractivity contribution in [3.8, 4) is 5.75 Å². The number of carbonyl (C=O) groups is 2. The number of halogens is 1. The maximum atomic E-state index is 14.0. The van der Waals surface area contributed by atoms with Gasteiger partial charge in [0.2, 0.25) is 5.91 Å². The number of rotatable bonds is 11. The van der Waals surface area contributed by atoms with Crippen LogP contribution in [0.25, 0.3) is 0 Å². The Morgan fingerprint density at radius 2 is 1.84 bits per heavy atom. The van der Waals surface area contributed by atoms with Gasteiger partial charge >= 0.3 is 5.97 Å². The molecule has 0 spiro atoms. The normalized spacial score (nSPS) is 20.7. The molecule has 0 radical (unpaired) electrons. The zero-order valence-corrected chi connectivity index (χ0v) is 23.6. The number of aliphatic carboxylic acids is 1. The molecule has 2 N–H and O–H groups in total. The lowest BCUT2D eigenvalue weighted by Gasteiger charge is -2.46. The predicted octanol–water partition coefficient (Wildman–Crippen LogP) is 5.99. The highest BCUT2D eigenvalue weighted by Crippen LogP contribution is 2.41. The number of carboxylic acids is 1. The largest absolute Gasteiger partial charge is 0.490 e. The molecule has 38 heavy (non-hydrogen) atoms. The topological polar surface area (TPSA) is 78.9 Å². The molecule has 0 saturated heterocycles. The Bertz CT molecular complexity index is 1120. The van der Waals surface area contributed by atoms with Gasteiger partial charge in [-0.3, -0.25) is 14.5 Å². The van der Waals surface area contributed by atoms with Gasteiger partial charge in [0.05, 0.1) is 6.42 Å². The van der Waals surface area contributed by atoms with Crippen LogP contribution in [0.3, 0.4) is 0 Å². The average Bonchev–Trinajstić information content (AvgIpc) is 2.85. The van der Waals surface area contributed by atoms with Gasteiger partial charge in [-0.2, -0.15) is 0 Å². The first-order valence-corrected chi connectivity index (χ1v) is 13.5. The van der Waals surface area contributed by atoms with Crippen molar-refractivity contribution in [1.82, 2.24) is 10.2 Å². The van der Waals surface area contributed by atoms with Crippen molar-refractivity contribution in [3.63, 3.8) is 0 Å². The van der Waals surface area contributed by atoms with Gasteiger partial charge in [-0.05, 0) is 101 Å². The molecule has 0 heterocycles. The van der Waals surface area contributed by atoms with Crippen molar-refractivity contribution in [1.29, 1.82) is 0 Å². The van der Waals surface area contributed by atoms with Crippen LogP contribution in [0.1, 0.15) is 75.5 Å². The number of nitrogens with zero attached hydrogens (tertiary/aromatic N) is 1. The molecule has 1 aliphatic carbocycles. The second-order valence-electron chi connectivity index (χ2n) is 11.7. The minimum Gasteiger partial charge on any atom is -0.490 e. The number of nitrogens with one attached hydrogen (secondary N) is 1. The summed E-state index contributed by atoms with van der Waals surface area (Å²) >= 11 is 0. The van der Waals surface area contributed by atoms with Crippen LogP contribution in [0, 0.1) is 25.1 Å². The summed E-state index contributed by atoms with van der Waals surface area (Å²) in [6.07, 6.45) is 3.54. The standard InChI is InChI=1S/C31H43FN2O4/c1-21-10-11-22(2)27(18-21)38-26(20-28(35)36)14-15-30(3,4)29(37)33-25-12-16-31(17-13-25,34(5)6)23-8-7-9-24(32)19-23/h7-11,18-19,25-26H,12-17,20H2,1-6H3,(H,33,37)(H,35,36). The molecule has 1 fully saturated rings. The van der Waals surface area contributed by atoms with Gasteiger partial charge in [0.15, 0.2) is 0 Å². The zero-order valence-electron chi connectivity index (χ0n) is 23.6. The minimum absolute atomic E-state index is 0.0357. The fourth-order valence-corrected chi connectivity index (χ4v) is 5.44. The lowest BCUT2D eigenvalue weighted by atomic mass is 9.73. The Balaban J connectivity index is 1.60. The Morgan fingerprint density at radius 3 is 2.45 bits per heavy atom. The monoisotopic (exact) mass is 526 g/mol. The SMILES string of the molecule is Cc1ccc(C)c(OC(CCC(C)(C)C(=O)NC2CCC(c3cccc(F)c3)(N(C)C)CC2)CC(=O)O)c1. The van der Waals surface area contributed by atoms with E-state index in [0.717, 1.165) is 42.4 Å². The molecule has 1 atom stereocenters. The van der Waals surface area contributed by atoms with Gasteiger partial charge in [0, 0.05) is 17.0 Å². The molecule has 7 heteroatoms. The second kappa shape index (κ2) is 12.3. The molecule has 3 rings (SSSR count). The molecule has 0 aliphatic heterocycles. The molecule has 2 aromatic rings. The summed E-state index contributed by atoms with van der Waals surface area (Å²) in [5.74, 6) is -0.508. The highest BCUT2D eigenvalue weighted by molar-refractivity contribution is 5.82. The molecule has 0 bridgehead atoms. The Labute approximate surface area is 226 Å².